The van der Waals surface area contributed by atoms with Gasteiger partial charge in [-0.05, 0) is 37.8 Å². The lowest BCUT2D eigenvalue weighted by molar-refractivity contribution is -0.120. The number of para-hydroxylation sites is 1. The minimum absolute atomic E-state index is 0.158. The van der Waals surface area contributed by atoms with Crippen LogP contribution in [-0.2, 0) is 4.79 Å². The van der Waals surface area contributed by atoms with Gasteiger partial charge >= 0.3 is 6.03 Å². The maximum atomic E-state index is 12.1. The van der Waals surface area contributed by atoms with Crippen molar-refractivity contribution in [3.8, 4) is 0 Å². The SMILES string of the molecule is NC(=O)CN1C2CCC1CC(NC(=O)Nc1ccccc1)C2. The lowest BCUT2D eigenvalue weighted by atomic mass is 9.97. The largest absolute Gasteiger partial charge is 0.369 e. The van der Waals surface area contributed by atoms with Gasteiger partial charge in [0.05, 0.1) is 6.54 Å². The molecule has 0 aromatic heterocycles. The molecular formula is C16H22N4O2. The van der Waals surface area contributed by atoms with E-state index < -0.39 is 0 Å². The van der Waals surface area contributed by atoms with Gasteiger partial charge in [0.1, 0.15) is 0 Å². The van der Waals surface area contributed by atoms with Gasteiger partial charge in [-0.15, -0.1) is 0 Å². The van der Waals surface area contributed by atoms with E-state index >= 15 is 0 Å². The summed E-state index contributed by atoms with van der Waals surface area (Å²) in [5.74, 6) is -0.273. The van der Waals surface area contributed by atoms with E-state index in [0.29, 0.717) is 18.6 Å². The zero-order valence-electron chi connectivity index (χ0n) is 12.5. The van der Waals surface area contributed by atoms with Gasteiger partial charge in [-0.2, -0.15) is 0 Å². The van der Waals surface area contributed by atoms with Crippen LogP contribution in [0, 0.1) is 0 Å². The summed E-state index contributed by atoms with van der Waals surface area (Å²) in [6, 6.07) is 10.1. The summed E-state index contributed by atoms with van der Waals surface area (Å²) in [5.41, 5.74) is 6.10. The summed E-state index contributed by atoms with van der Waals surface area (Å²) in [5, 5.41) is 5.89. The fraction of sp³-hybridized carbons (Fsp3) is 0.500. The van der Waals surface area contributed by atoms with Gasteiger partial charge in [0.2, 0.25) is 5.91 Å². The Kier molecular flexibility index (Phi) is 4.29. The molecule has 2 aliphatic rings. The minimum atomic E-state index is -0.273. The molecular weight excluding hydrogens is 280 g/mol. The second kappa shape index (κ2) is 6.36. The van der Waals surface area contributed by atoms with E-state index in [4.69, 9.17) is 5.73 Å². The van der Waals surface area contributed by atoms with Crippen LogP contribution in [0.15, 0.2) is 30.3 Å². The molecule has 2 unspecified atom stereocenters. The molecule has 2 atom stereocenters. The number of nitrogens with zero attached hydrogens (tertiary/aromatic N) is 1. The summed E-state index contributed by atoms with van der Waals surface area (Å²) in [4.78, 5) is 25.4. The van der Waals surface area contributed by atoms with E-state index in [9.17, 15) is 9.59 Å². The molecule has 4 N–H and O–H groups in total. The molecule has 6 nitrogen and oxygen atoms in total. The summed E-state index contributed by atoms with van der Waals surface area (Å²) in [6.45, 7) is 0.332. The maximum absolute atomic E-state index is 12.1. The van der Waals surface area contributed by atoms with E-state index in [1.165, 1.54) is 0 Å². The molecule has 3 rings (SSSR count). The highest BCUT2D eigenvalue weighted by Crippen LogP contribution is 2.35. The molecule has 0 spiro atoms. The van der Waals surface area contributed by atoms with Gasteiger partial charge in [0, 0.05) is 23.8 Å². The fourth-order valence-electron chi connectivity index (χ4n) is 3.70. The van der Waals surface area contributed by atoms with Crippen molar-refractivity contribution < 1.29 is 9.59 Å². The molecule has 2 aliphatic heterocycles. The number of carbonyl (C=O) groups excluding carboxylic acids is 2. The summed E-state index contributed by atoms with van der Waals surface area (Å²) in [6.07, 6.45) is 3.92. The Morgan fingerprint density at radius 1 is 1.14 bits per heavy atom. The zero-order chi connectivity index (χ0) is 15.5. The normalized spacial score (nSPS) is 27.4. The molecule has 2 fully saturated rings. The molecule has 0 saturated carbocycles. The van der Waals surface area contributed by atoms with Gasteiger partial charge in [-0.3, -0.25) is 9.69 Å². The number of rotatable bonds is 4. The maximum Gasteiger partial charge on any atom is 0.319 e. The van der Waals surface area contributed by atoms with Crippen LogP contribution in [0.3, 0.4) is 0 Å². The number of fused-ring (bicyclic) bond motifs is 2. The molecule has 6 heteroatoms. The van der Waals surface area contributed by atoms with E-state index in [0.717, 1.165) is 31.4 Å². The van der Waals surface area contributed by atoms with Gasteiger partial charge < -0.3 is 16.4 Å². The summed E-state index contributed by atoms with van der Waals surface area (Å²) < 4.78 is 0. The Labute approximate surface area is 130 Å². The van der Waals surface area contributed by atoms with E-state index in [2.05, 4.69) is 15.5 Å². The number of anilines is 1. The topological polar surface area (TPSA) is 87.5 Å². The Balaban J connectivity index is 1.53. The lowest BCUT2D eigenvalue weighted by Crippen LogP contribution is -2.52. The number of carbonyl (C=O) groups is 2. The Morgan fingerprint density at radius 3 is 2.36 bits per heavy atom. The van der Waals surface area contributed by atoms with Crippen LogP contribution >= 0.6 is 0 Å². The molecule has 2 saturated heterocycles. The highest BCUT2D eigenvalue weighted by atomic mass is 16.2. The van der Waals surface area contributed by atoms with E-state index in [-0.39, 0.29) is 18.0 Å². The first-order valence-corrected chi connectivity index (χ1v) is 7.78. The van der Waals surface area contributed by atoms with Crippen LogP contribution in [0.1, 0.15) is 25.7 Å². The number of primary amides is 1. The Bertz CT molecular complexity index is 534. The predicted molar refractivity (Wildman–Crippen MR) is 84.3 cm³/mol. The van der Waals surface area contributed by atoms with Crippen molar-refractivity contribution in [1.29, 1.82) is 0 Å². The second-order valence-corrected chi connectivity index (χ2v) is 6.16. The first-order chi connectivity index (χ1) is 10.6. The predicted octanol–water partition coefficient (Wildman–Crippen LogP) is 1.29. The quantitative estimate of drug-likeness (QED) is 0.783. The number of hydrogen-bond acceptors (Lipinski definition) is 3. The first-order valence-electron chi connectivity index (χ1n) is 7.78. The third kappa shape index (κ3) is 3.39. The van der Waals surface area contributed by atoms with Crippen LogP contribution < -0.4 is 16.4 Å². The van der Waals surface area contributed by atoms with Crippen molar-refractivity contribution in [1.82, 2.24) is 10.2 Å². The summed E-state index contributed by atoms with van der Waals surface area (Å²) in [7, 11) is 0. The van der Waals surface area contributed by atoms with Gasteiger partial charge in [0.25, 0.3) is 0 Å². The third-order valence-electron chi connectivity index (χ3n) is 4.59. The molecule has 3 amide bonds. The molecule has 1 aromatic rings. The van der Waals surface area contributed by atoms with Crippen LogP contribution in [0.4, 0.5) is 10.5 Å². The standard InChI is InChI=1S/C16H22N4O2/c17-15(21)10-20-13-6-7-14(20)9-12(8-13)19-16(22)18-11-4-2-1-3-5-11/h1-5,12-14H,6-10H2,(H2,17,21)(H2,18,19,22). The molecule has 0 radical (unpaired) electrons. The third-order valence-corrected chi connectivity index (χ3v) is 4.59. The van der Waals surface area contributed by atoms with E-state index in [1.807, 2.05) is 30.3 Å². The van der Waals surface area contributed by atoms with Crippen molar-refractivity contribution in [3.63, 3.8) is 0 Å². The number of benzene rings is 1. The smallest absolute Gasteiger partial charge is 0.319 e. The van der Waals surface area contributed by atoms with Crippen molar-refractivity contribution in [2.24, 2.45) is 5.73 Å². The zero-order valence-corrected chi connectivity index (χ0v) is 12.5. The number of hydrogen-bond donors (Lipinski definition) is 3. The van der Waals surface area contributed by atoms with Crippen molar-refractivity contribution in [2.45, 2.75) is 43.8 Å². The Hall–Kier alpha value is -2.08. The highest BCUT2D eigenvalue weighted by molar-refractivity contribution is 5.89. The lowest BCUT2D eigenvalue weighted by Gasteiger charge is -2.38. The molecule has 2 heterocycles. The molecule has 118 valence electrons. The van der Waals surface area contributed by atoms with Gasteiger partial charge in [-0.25, -0.2) is 4.79 Å². The van der Waals surface area contributed by atoms with E-state index in [1.54, 1.807) is 0 Å². The fourth-order valence-corrected chi connectivity index (χ4v) is 3.70. The number of urea groups is 1. The average molecular weight is 302 g/mol. The molecule has 1 aromatic carbocycles. The van der Waals surface area contributed by atoms with Crippen molar-refractivity contribution >= 4 is 17.6 Å². The second-order valence-electron chi connectivity index (χ2n) is 6.16. The van der Waals surface area contributed by atoms with Gasteiger partial charge in [-0.1, -0.05) is 18.2 Å². The highest BCUT2D eigenvalue weighted by Gasteiger charge is 2.41. The number of amides is 3. The average Bonchev–Trinajstić information content (AvgIpc) is 2.70. The van der Waals surface area contributed by atoms with Crippen molar-refractivity contribution in [3.05, 3.63) is 30.3 Å². The van der Waals surface area contributed by atoms with Crippen LogP contribution in [0.2, 0.25) is 0 Å². The Morgan fingerprint density at radius 2 is 1.77 bits per heavy atom. The minimum Gasteiger partial charge on any atom is -0.369 e. The first kappa shape index (κ1) is 14.8. The molecule has 22 heavy (non-hydrogen) atoms. The monoisotopic (exact) mass is 302 g/mol. The number of piperidine rings is 1. The van der Waals surface area contributed by atoms with Crippen LogP contribution in [0.25, 0.3) is 0 Å². The van der Waals surface area contributed by atoms with Crippen LogP contribution in [-0.4, -0.2) is 41.5 Å². The number of nitrogens with two attached hydrogens (primary N) is 1. The summed E-state index contributed by atoms with van der Waals surface area (Å²) >= 11 is 0. The molecule has 0 aliphatic carbocycles. The van der Waals surface area contributed by atoms with Crippen LogP contribution in [0.5, 0.6) is 0 Å². The number of nitrogens with one attached hydrogen (secondary N) is 2. The van der Waals surface area contributed by atoms with Crippen molar-refractivity contribution in [2.75, 3.05) is 11.9 Å². The van der Waals surface area contributed by atoms with Gasteiger partial charge in [0.15, 0.2) is 0 Å². The molecule has 2 bridgehead atoms.